The van der Waals surface area contributed by atoms with Gasteiger partial charge in [-0.3, -0.25) is 14.4 Å². The highest BCUT2D eigenvalue weighted by atomic mass is 16.7. The fourth-order valence-electron chi connectivity index (χ4n) is 2.50. The van der Waals surface area contributed by atoms with E-state index in [1.165, 1.54) is 0 Å². The molecule has 0 fully saturated rings. The molecule has 3 rings (SSSR count). The van der Waals surface area contributed by atoms with Crippen molar-refractivity contribution >= 4 is 17.7 Å². The first kappa shape index (κ1) is 18.4. The molecule has 0 saturated carbocycles. The Bertz CT molecular complexity index is 834. The Morgan fingerprint density at radius 1 is 0.963 bits per heavy atom. The number of amides is 1. The second kappa shape index (κ2) is 8.84. The normalized spacial score (nSPS) is 11.7. The van der Waals surface area contributed by atoms with Crippen LogP contribution < -0.4 is 14.8 Å². The topological polar surface area (TPSA) is 90.9 Å². The molecule has 7 heteroatoms. The molecule has 1 amide bonds. The molecular weight excluding hydrogens is 350 g/mol. The van der Waals surface area contributed by atoms with Gasteiger partial charge >= 0.3 is 5.97 Å². The van der Waals surface area contributed by atoms with E-state index in [1.807, 2.05) is 12.1 Å². The van der Waals surface area contributed by atoms with Crippen molar-refractivity contribution < 1.29 is 28.6 Å². The standard InChI is InChI=1S/C20H19NO6/c22-16(15-4-2-1-3-5-15)7-9-20(24)25-12-19(23)21-11-14-6-8-17-18(10-14)27-13-26-17/h1-6,8,10H,7,9,11-13H2,(H,21,23). The van der Waals surface area contributed by atoms with Gasteiger partial charge in [-0.25, -0.2) is 0 Å². The zero-order valence-corrected chi connectivity index (χ0v) is 14.6. The van der Waals surface area contributed by atoms with E-state index in [-0.39, 0.29) is 38.6 Å². The third-order valence-electron chi connectivity index (χ3n) is 3.94. The average Bonchev–Trinajstić information content (AvgIpc) is 3.17. The number of hydrogen-bond donors (Lipinski definition) is 1. The first-order chi connectivity index (χ1) is 13.1. The van der Waals surface area contributed by atoms with Gasteiger partial charge in [0.1, 0.15) is 0 Å². The summed E-state index contributed by atoms with van der Waals surface area (Å²) in [6, 6.07) is 14.1. The molecule has 0 radical (unpaired) electrons. The molecule has 1 aliphatic heterocycles. The molecule has 1 N–H and O–H groups in total. The second-order valence-electron chi connectivity index (χ2n) is 5.91. The van der Waals surface area contributed by atoms with E-state index >= 15 is 0 Å². The molecular formula is C20H19NO6. The molecule has 0 unspecified atom stereocenters. The molecule has 0 aromatic heterocycles. The van der Waals surface area contributed by atoms with E-state index in [0.29, 0.717) is 17.1 Å². The van der Waals surface area contributed by atoms with Gasteiger partial charge in [0.2, 0.25) is 6.79 Å². The van der Waals surface area contributed by atoms with Crippen molar-refractivity contribution in [2.75, 3.05) is 13.4 Å². The minimum Gasteiger partial charge on any atom is -0.456 e. The van der Waals surface area contributed by atoms with Gasteiger partial charge in [-0.05, 0) is 17.7 Å². The summed E-state index contributed by atoms with van der Waals surface area (Å²) in [5.74, 6) is 0.160. The predicted octanol–water partition coefficient (Wildman–Crippen LogP) is 2.24. The van der Waals surface area contributed by atoms with Crippen molar-refractivity contribution in [2.24, 2.45) is 0 Å². The number of carbonyl (C=O) groups excluding carboxylic acids is 3. The van der Waals surface area contributed by atoms with Crippen LogP contribution in [0.1, 0.15) is 28.8 Å². The highest BCUT2D eigenvalue weighted by molar-refractivity contribution is 5.97. The number of ketones is 1. The number of ether oxygens (including phenoxy) is 3. The summed E-state index contributed by atoms with van der Waals surface area (Å²) in [5.41, 5.74) is 1.39. The summed E-state index contributed by atoms with van der Waals surface area (Å²) in [7, 11) is 0. The Morgan fingerprint density at radius 2 is 1.74 bits per heavy atom. The quantitative estimate of drug-likeness (QED) is 0.567. The maximum Gasteiger partial charge on any atom is 0.306 e. The smallest absolute Gasteiger partial charge is 0.306 e. The van der Waals surface area contributed by atoms with E-state index in [9.17, 15) is 14.4 Å². The Balaban J connectivity index is 1.35. The van der Waals surface area contributed by atoms with Crippen LogP contribution in [0.5, 0.6) is 11.5 Å². The first-order valence-electron chi connectivity index (χ1n) is 8.51. The monoisotopic (exact) mass is 369 g/mol. The van der Waals surface area contributed by atoms with Crippen LogP contribution in [0.25, 0.3) is 0 Å². The van der Waals surface area contributed by atoms with Crippen LogP contribution in [-0.4, -0.2) is 31.1 Å². The van der Waals surface area contributed by atoms with Gasteiger partial charge in [0.05, 0.1) is 6.42 Å². The first-order valence-corrected chi connectivity index (χ1v) is 8.51. The zero-order chi connectivity index (χ0) is 19.1. The number of rotatable bonds is 8. The summed E-state index contributed by atoms with van der Waals surface area (Å²) in [5, 5.41) is 2.66. The Kier molecular flexibility index (Phi) is 6.04. The minimum absolute atomic E-state index is 0.0433. The summed E-state index contributed by atoms with van der Waals surface area (Å²) in [6.45, 7) is 0.0797. The van der Waals surface area contributed by atoms with Gasteiger partial charge in [-0.1, -0.05) is 36.4 Å². The molecule has 27 heavy (non-hydrogen) atoms. The van der Waals surface area contributed by atoms with Gasteiger partial charge in [0.25, 0.3) is 5.91 Å². The van der Waals surface area contributed by atoms with E-state index in [1.54, 1.807) is 36.4 Å². The van der Waals surface area contributed by atoms with Gasteiger partial charge in [0, 0.05) is 18.5 Å². The van der Waals surface area contributed by atoms with Crippen LogP contribution >= 0.6 is 0 Å². The maximum atomic E-state index is 11.9. The van der Waals surface area contributed by atoms with Crippen molar-refractivity contribution in [1.82, 2.24) is 5.32 Å². The zero-order valence-electron chi connectivity index (χ0n) is 14.6. The van der Waals surface area contributed by atoms with Crippen molar-refractivity contribution in [3.63, 3.8) is 0 Å². The van der Waals surface area contributed by atoms with Crippen molar-refractivity contribution in [3.8, 4) is 11.5 Å². The summed E-state index contributed by atoms with van der Waals surface area (Å²) in [4.78, 5) is 35.4. The van der Waals surface area contributed by atoms with Crippen LogP contribution in [0.4, 0.5) is 0 Å². The third-order valence-corrected chi connectivity index (χ3v) is 3.94. The molecule has 0 atom stereocenters. The molecule has 2 aromatic carbocycles. The van der Waals surface area contributed by atoms with Crippen molar-refractivity contribution in [3.05, 3.63) is 59.7 Å². The molecule has 0 aliphatic carbocycles. The number of esters is 1. The third kappa shape index (κ3) is 5.31. The SMILES string of the molecule is O=C(COC(=O)CCC(=O)c1ccccc1)NCc1ccc2c(c1)OCO2. The molecule has 0 spiro atoms. The Labute approximate surface area is 156 Å². The molecule has 1 aliphatic rings. The van der Waals surface area contributed by atoms with Gasteiger partial charge < -0.3 is 19.5 Å². The summed E-state index contributed by atoms with van der Waals surface area (Å²) >= 11 is 0. The number of Topliss-reactive ketones (excluding diaryl/α,β-unsaturated/α-hetero) is 1. The van der Waals surface area contributed by atoms with Crippen LogP contribution in [0.15, 0.2) is 48.5 Å². The number of nitrogens with one attached hydrogen (secondary N) is 1. The predicted molar refractivity (Wildman–Crippen MR) is 95.4 cm³/mol. The fraction of sp³-hybridized carbons (Fsp3) is 0.250. The van der Waals surface area contributed by atoms with Crippen LogP contribution in [0.3, 0.4) is 0 Å². The lowest BCUT2D eigenvalue weighted by molar-refractivity contribution is -0.148. The maximum absolute atomic E-state index is 11.9. The van der Waals surface area contributed by atoms with Crippen LogP contribution in [0.2, 0.25) is 0 Å². The Morgan fingerprint density at radius 3 is 2.56 bits per heavy atom. The molecule has 0 bridgehead atoms. The number of benzene rings is 2. The summed E-state index contributed by atoms with van der Waals surface area (Å²) in [6.07, 6.45) is -0.0230. The van der Waals surface area contributed by atoms with Gasteiger partial charge in [-0.15, -0.1) is 0 Å². The van der Waals surface area contributed by atoms with Crippen molar-refractivity contribution in [1.29, 1.82) is 0 Å². The lowest BCUT2D eigenvalue weighted by Crippen LogP contribution is -2.28. The lowest BCUT2D eigenvalue weighted by atomic mass is 10.1. The van der Waals surface area contributed by atoms with E-state index < -0.39 is 11.9 Å². The highest BCUT2D eigenvalue weighted by Crippen LogP contribution is 2.32. The van der Waals surface area contributed by atoms with Gasteiger partial charge in [0.15, 0.2) is 23.9 Å². The average molecular weight is 369 g/mol. The minimum atomic E-state index is -0.586. The van der Waals surface area contributed by atoms with E-state index in [4.69, 9.17) is 14.2 Å². The molecule has 7 nitrogen and oxygen atoms in total. The van der Waals surface area contributed by atoms with E-state index in [2.05, 4.69) is 5.32 Å². The molecule has 0 saturated heterocycles. The van der Waals surface area contributed by atoms with Crippen LogP contribution in [-0.2, 0) is 20.9 Å². The molecule has 2 aromatic rings. The van der Waals surface area contributed by atoms with Crippen LogP contribution in [0, 0.1) is 0 Å². The summed E-state index contributed by atoms with van der Waals surface area (Å²) < 4.78 is 15.4. The fourth-order valence-corrected chi connectivity index (χ4v) is 2.50. The van der Waals surface area contributed by atoms with Gasteiger partial charge in [-0.2, -0.15) is 0 Å². The second-order valence-corrected chi connectivity index (χ2v) is 5.91. The molecule has 140 valence electrons. The van der Waals surface area contributed by atoms with E-state index in [0.717, 1.165) is 5.56 Å². The molecule has 1 heterocycles. The largest absolute Gasteiger partial charge is 0.456 e. The Hall–Kier alpha value is -3.35. The number of carbonyl (C=O) groups is 3. The lowest BCUT2D eigenvalue weighted by Gasteiger charge is -2.07. The van der Waals surface area contributed by atoms with Crippen molar-refractivity contribution in [2.45, 2.75) is 19.4 Å². The number of fused-ring (bicyclic) bond motifs is 1. The number of hydrogen-bond acceptors (Lipinski definition) is 6. The highest BCUT2D eigenvalue weighted by Gasteiger charge is 2.14.